The first-order valence-corrected chi connectivity index (χ1v) is 7.92. The van der Waals surface area contributed by atoms with Crippen LogP contribution >= 0.6 is 12.4 Å². The lowest BCUT2D eigenvalue weighted by atomic mass is 10.0. The Morgan fingerprint density at radius 3 is 2.70 bits per heavy atom. The Kier molecular flexibility index (Phi) is 8.06. The van der Waals surface area contributed by atoms with Crippen molar-refractivity contribution in [3.63, 3.8) is 0 Å². The number of likely N-dealkylation sites (N-methyl/N-ethyl adjacent to an activating group) is 1. The van der Waals surface area contributed by atoms with Crippen molar-refractivity contribution in [2.45, 2.75) is 31.7 Å². The van der Waals surface area contributed by atoms with Gasteiger partial charge in [0.2, 0.25) is 11.8 Å². The number of benzene rings is 1. The Bertz CT molecular complexity index is 510. The van der Waals surface area contributed by atoms with Crippen molar-refractivity contribution in [2.75, 3.05) is 32.1 Å². The first-order chi connectivity index (χ1) is 10.6. The third-order valence-electron chi connectivity index (χ3n) is 4.16. The van der Waals surface area contributed by atoms with Crippen LogP contribution in [0.25, 0.3) is 0 Å². The Hall–Kier alpha value is -1.59. The van der Waals surface area contributed by atoms with Gasteiger partial charge >= 0.3 is 0 Å². The lowest BCUT2D eigenvalue weighted by molar-refractivity contribution is -0.139. The van der Waals surface area contributed by atoms with Gasteiger partial charge in [-0.3, -0.25) is 9.59 Å². The number of hydrogen-bond acceptors (Lipinski definition) is 3. The summed E-state index contributed by atoms with van der Waals surface area (Å²) in [6, 6.07) is 9.34. The van der Waals surface area contributed by atoms with Gasteiger partial charge in [0.1, 0.15) is 6.04 Å². The summed E-state index contributed by atoms with van der Waals surface area (Å²) in [7, 11) is 3.62. The molecule has 6 heteroatoms. The standard InChI is InChI=1S/C17H25N3O2.ClH/c1-18-12-6-11-16(21)19(2)15-10-7-13-20(17(15)22)14-8-4-3-5-9-14;/h3-5,8-9,15,18H,6-7,10-13H2,1-2H3;1H. The number of halogens is 1. The molecule has 23 heavy (non-hydrogen) atoms. The largest absolute Gasteiger partial charge is 0.334 e. The lowest BCUT2D eigenvalue weighted by Gasteiger charge is -2.37. The maximum Gasteiger partial charge on any atom is 0.249 e. The monoisotopic (exact) mass is 339 g/mol. The van der Waals surface area contributed by atoms with Crippen LogP contribution in [0.3, 0.4) is 0 Å². The van der Waals surface area contributed by atoms with Gasteiger partial charge in [-0.1, -0.05) is 18.2 Å². The van der Waals surface area contributed by atoms with E-state index in [-0.39, 0.29) is 30.3 Å². The molecule has 1 aliphatic heterocycles. The number of carbonyl (C=O) groups excluding carboxylic acids is 2. The average Bonchev–Trinajstić information content (AvgIpc) is 2.55. The predicted octanol–water partition coefficient (Wildman–Crippen LogP) is 2.06. The average molecular weight is 340 g/mol. The normalized spacial score (nSPS) is 17.6. The van der Waals surface area contributed by atoms with E-state index >= 15 is 0 Å². The van der Waals surface area contributed by atoms with Crippen LogP contribution in [0.1, 0.15) is 25.7 Å². The number of nitrogens with zero attached hydrogens (tertiary/aromatic N) is 2. The number of carbonyl (C=O) groups is 2. The van der Waals surface area contributed by atoms with Crippen LogP contribution < -0.4 is 10.2 Å². The van der Waals surface area contributed by atoms with Gasteiger partial charge in [-0.25, -0.2) is 0 Å². The van der Waals surface area contributed by atoms with E-state index in [4.69, 9.17) is 0 Å². The minimum absolute atomic E-state index is 0. The van der Waals surface area contributed by atoms with Crippen molar-refractivity contribution >= 4 is 29.9 Å². The molecular weight excluding hydrogens is 314 g/mol. The number of hydrogen-bond donors (Lipinski definition) is 1. The molecular formula is C17H26ClN3O2. The molecule has 1 unspecified atom stereocenters. The van der Waals surface area contributed by atoms with Crippen LogP contribution in [-0.2, 0) is 9.59 Å². The second-order valence-corrected chi connectivity index (χ2v) is 5.70. The van der Waals surface area contributed by atoms with Gasteiger partial charge in [-0.05, 0) is 45.0 Å². The molecule has 0 aliphatic carbocycles. The van der Waals surface area contributed by atoms with Crippen LogP contribution in [0.15, 0.2) is 30.3 Å². The second kappa shape index (κ2) is 9.53. The van der Waals surface area contributed by atoms with E-state index in [0.717, 1.165) is 38.0 Å². The molecule has 1 fully saturated rings. The SMILES string of the molecule is CNCCCC(=O)N(C)C1CCCN(c2ccccc2)C1=O.Cl. The van der Waals surface area contributed by atoms with Gasteiger partial charge in [0.25, 0.3) is 0 Å². The Morgan fingerprint density at radius 1 is 1.35 bits per heavy atom. The predicted molar refractivity (Wildman–Crippen MR) is 95.0 cm³/mol. The van der Waals surface area contributed by atoms with E-state index < -0.39 is 0 Å². The summed E-state index contributed by atoms with van der Waals surface area (Å²) in [4.78, 5) is 28.4. The van der Waals surface area contributed by atoms with Gasteiger partial charge in [0, 0.05) is 25.7 Å². The molecule has 128 valence electrons. The summed E-state index contributed by atoms with van der Waals surface area (Å²) in [6.45, 7) is 1.54. The molecule has 0 aromatic heterocycles. The van der Waals surface area contributed by atoms with Crippen molar-refractivity contribution in [1.82, 2.24) is 10.2 Å². The number of piperidine rings is 1. The molecule has 0 radical (unpaired) electrons. The molecule has 1 saturated heterocycles. The highest BCUT2D eigenvalue weighted by Crippen LogP contribution is 2.23. The van der Waals surface area contributed by atoms with E-state index in [1.54, 1.807) is 16.8 Å². The summed E-state index contributed by atoms with van der Waals surface area (Å²) in [5.74, 6) is 0.0745. The number of para-hydroxylation sites is 1. The van der Waals surface area contributed by atoms with Crippen molar-refractivity contribution < 1.29 is 9.59 Å². The minimum Gasteiger partial charge on any atom is -0.334 e. The molecule has 0 spiro atoms. The molecule has 2 amide bonds. The first kappa shape index (κ1) is 19.5. The van der Waals surface area contributed by atoms with Crippen LogP contribution in [-0.4, -0.2) is 49.9 Å². The summed E-state index contributed by atoms with van der Waals surface area (Å²) >= 11 is 0. The Morgan fingerprint density at radius 2 is 2.04 bits per heavy atom. The summed E-state index contributed by atoms with van der Waals surface area (Å²) in [5, 5.41) is 3.03. The molecule has 1 aliphatic rings. The molecule has 0 saturated carbocycles. The minimum atomic E-state index is -0.337. The molecule has 1 atom stereocenters. The smallest absolute Gasteiger partial charge is 0.249 e. The molecule has 1 N–H and O–H groups in total. The highest BCUT2D eigenvalue weighted by Gasteiger charge is 2.34. The summed E-state index contributed by atoms with van der Waals surface area (Å²) in [5.41, 5.74) is 0.910. The van der Waals surface area contributed by atoms with E-state index in [1.165, 1.54) is 0 Å². The number of anilines is 1. The molecule has 0 bridgehead atoms. The first-order valence-electron chi connectivity index (χ1n) is 7.92. The van der Waals surface area contributed by atoms with Crippen LogP contribution in [0, 0.1) is 0 Å². The maximum atomic E-state index is 12.7. The molecule has 2 rings (SSSR count). The Balaban J connectivity index is 0.00000264. The van der Waals surface area contributed by atoms with E-state index in [9.17, 15) is 9.59 Å². The zero-order valence-corrected chi connectivity index (χ0v) is 14.6. The molecule has 1 aromatic rings. The van der Waals surface area contributed by atoms with E-state index in [0.29, 0.717) is 6.42 Å². The fourth-order valence-corrected chi connectivity index (χ4v) is 2.85. The summed E-state index contributed by atoms with van der Waals surface area (Å²) in [6.07, 6.45) is 2.94. The van der Waals surface area contributed by atoms with E-state index in [2.05, 4.69) is 5.32 Å². The fraction of sp³-hybridized carbons (Fsp3) is 0.529. The van der Waals surface area contributed by atoms with Gasteiger partial charge < -0.3 is 15.1 Å². The highest BCUT2D eigenvalue weighted by atomic mass is 35.5. The fourth-order valence-electron chi connectivity index (χ4n) is 2.85. The van der Waals surface area contributed by atoms with Crippen LogP contribution in [0.2, 0.25) is 0 Å². The molecule has 5 nitrogen and oxygen atoms in total. The van der Waals surface area contributed by atoms with Crippen molar-refractivity contribution in [1.29, 1.82) is 0 Å². The van der Waals surface area contributed by atoms with Gasteiger partial charge in [0.05, 0.1) is 0 Å². The number of rotatable bonds is 6. The van der Waals surface area contributed by atoms with Crippen molar-refractivity contribution in [3.8, 4) is 0 Å². The van der Waals surface area contributed by atoms with Crippen LogP contribution in [0.5, 0.6) is 0 Å². The zero-order chi connectivity index (χ0) is 15.9. The van der Waals surface area contributed by atoms with E-state index in [1.807, 2.05) is 37.4 Å². The second-order valence-electron chi connectivity index (χ2n) is 5.70. The van der Waals surface area contributed by atoms with Crippen molar-refractivity contribution in [3.05, 3.63) is 30.3 Å². The highest BCUT2D eigenvalue weighted by molar-refractivity contribution is 5.99. The van der Waals surface area contributed by atoms with Gasteiger partial charge in [-0.2, -0.15) is 0 Å². The van der Waals surface area contributed by atoms with Gasteiger partial charge in [0.15, 0.2) is 0 Å². The quantitative estimate of drug-likeness (QED) is 0.807. The number of nitrogens with one attached hydrogen (secondary N) is 1. The third-order valence-corrected chi connectivity index (χ3v) is 4.16. The molecule has 1 heterocycles. The van der Waals surface area contributed by atoms with Crippen molar-refractivity contribution in [2.24, 2.45) is 0 Å². The van der Waals surface area contributed by atoms with Crippen LogP contribution in [0.4, 0.5) is 5.69 Å². The lowest BCUT2D eigenvalue weighted by Crippen LogP contribution is -2.53. The topological polar surface area (TPSA) is 52.7 Å². The number of amides is 2. The van der Waals surface area contributed by atoms with Gasteiger partial charge in [-0.15, -0.1) is 12.4 Å². The third kappa shape index (κ3) is 4.94. The Labute approximate surface area is 144 Å². The molecule has 1 aromatic carbocycles. The zero-order valence-electron chi connectivity index (χ0n) is 13.8. The maximum absolute atomic E-state index is 12.7. The summed E-state index contributed by atoms with van der Waals surface area (Å²) < 4.78 is 0.